The summed E-state index contributed by atoms with van der Waals surface area (Å²) in [6, 6.07) is 2.77. The Morgan fingerprint density at radius 1 is 1.54 bits per heavy atom. The highest BCUT2D eigenvalue weighted by molar-refractivity contribution is 14.0. The zero-order chi connectivity index (χ0) is 18.3. The number of morpholine rings is 1. The summed E-state index contributed by atoms with van der Waals surface area (Å²) in [4.78, 5) is 7.04. The van der Waals surface area contributed by atoms with Gasteiger partial charge in [0.05, 0.1) is 19.8 Å². The minimum Gasteiger partial charge on any atom is -0.383 e. The Balaban J connectivity index is 0.00000338. The van der Waals surface area contributed by atoms with E-state index in [1.807, 2.05) is 23.8 Å². The van der Waals surface area contributed by atoms with Crippen LogP contribution in [0, 0.1) is 0 Å². The van der Waals surface area contributed by atoms with Crippen molar-refractivity contribution in [1.82, 2.24) is 15.5 Å². The normalized spacial score (nSPS) is 22.2. The predicted octanol–water partition coefficient (Wildman–Crippen LogP) is 2.24. The lowest BCUT2D eigenvalue weighted by molar-refractivity contribution is -0.0174. The predicted molar refractivity (Wildman–Crippen MR) is 120 cm³/mol. The molecule has 0 spiro atoms. The van der Waals surface area contributed by atoms with E-state index < -0.39 is 5.60 Å². The van der Waals surface area contributed by atoms with Crippen molar-refractivity contribution in [1.29, 1.82) is 0 Å². The van der Waals surface area contributed by atoms with Crippen LogP contribution in [0.25, 0.3) is 0 Å². The number of hydrogen-bond donors (Lipinski definition) is 3. The maximum Gasteiger partial charge on any atom is 0.191 e. The minimum absolute atomic E-state index is 0. The van der Waals surface area contributed by atoms with Crippen LogP contribution < -0.4 is 10.6 Å². The molecule has 1 aromatic heterocycles. The number of aliphatic hydroxyl groups is 1. The average molecular weight is 496 g/mol. The maximum absolute atomic E-state index is 10.6. The van der Waals surface area contributed by atoms with Crippen molar-refractivity contribution in [3.63, 3.8) is 0 Å². The summed E-state index contributed by atoms with van der Waals surface area (Å²) in [6.45, 7) is 12.7. The molecular formula is C18H33IN4O2S. The lowest BCUT2D eigenvalue weighted by Gasteiger charge is -2.38. The number of hydrogen-bond acceptors (Lipinski definition) is 5. The number of thiophene rings is 1. The van der Waals surface area contributed by atoms with Crippen molar-refractivity contribution in [3.05, 3.63) is 22.4 Å². The number of halogens is 1. The summed E-state index contributed by atoms with van der Waals surface area (Å²) >= 11 is 1.59. The lowest BCUT2D eigenvalue weighted by Crippen LogP contribution is -2.53. The second-order valence-corrected chi connectivity index (χ2v) is 7.65. The molecule has 3 unspecified atom stereocenters. The quantitative estimate of drug-likeness (QED) is 0.307. The first-order valence-electron chi connectivity index (χ1n) is 9.04. The zero-order valence-electron chi connectivity index (χ0n) is 16.2. The van der Waals surface area contributed by atoms with Crippen LogP contribution in [-0.2, 0) is 10.3 Å². The van der Waals surface area contributed by atoms with Gasteiger partial charge >= 0.3 is 0 Å². The molecule has 0 radical (unpaired) electrons. The van der Waals surface area contributed by atoms with Gasteiger partial charge in [0.25, 0.3) is 0 Å². The smallest absolute Gasteiger partial charge is 0.191 e. The van der Waals surface area contributed by atoms with Crippen LogP contribution in [-0.4, -0.2) is 67.4 Å². The monoisotopic (exact) mass is 496 g/mol. The Morgan fingerprint density at radius 2 is 2.31 bits per heavy atom. The molecule has 0 aromatic carbocycles. The van der Waals surface area contributed by atoms with E-state index in [0.29, 0.717) is 18.6 Å². The van der Waals surface area contributed by atoms with Crippen LogP contribution in [0.2, 0.25) is 0 Å². The van der Waals surface area contributed by atoms with Crippen LogP contribution in [0.1, 0.15) is 33.3 Å². The molecule has 1 aromatic rings. The topological polar surface area (TPSA) is 69.1 Å². The van der Waals surface area contributed by atoms with Gasteiger partial charge in [-0.25, -0.2) is 4.99 Å². The number of rotatable bonds is 7. The van der Waals surface area contributed by atoms with E-state index in [2.05, 4.69) is 34.4 Å². The fourth-order valence-electron chi connectivity index (χ4n) is 2.99. The molecule has 8 heteroatoms. The van der Waals surface area contributed by atoms with Crippen LogP contribution in [0.5, 0.6) is 0 Å². The molecular weight excluding hydrogens is 463 g/mol. The maximum atomic E-state index is 10.6. The average Bonchev–Trinajstić information content (AvgIpc) is 3.13. The summed E-state index contributed by atoms with van der Waals surface area (Å²) in [5.74, 6) is 0.741. The van der Waals surface area contributed by atoms with E-state index in [9.17, 15) is 5.11 Å². The van der Waals surface area contributed by atoms with Gasteiger partial charge in [-0.05, 0) is 50.1 Å². The summed E-state index contributed by atoms with van der Waals surface area (Å²) in [5.41, 5.74) is -0.0419. The van der Waals surface area contributed by atoms with Crippen LogP contribution in [0.3, 0.4) is 0 Å². The van der Waals surface area contributed by atoms with E-state index in [1.54, 1.807) is 18.3 Å². The third-order valence-electron chi connectivity index (χ3n) is 4.58. The number of nitrogens with one attached hydrogen (secondary N) is 2. The lowest BCUT2D eigenvalue weighted by atomic mass is 10.00. The van der Waals surface area contributed by atoms with E-state index in [-0.39, 0.29) is 24.0 Å². The van der Waals surface area contributed by atoms with E-state index in [4.69, 9.17) is 4.74 Å². The molecule has 3 atom stereocenters. The zero-order valence-corrected chi connectivity index (χ0v) is 19.3. The highest BCUT2D eigenvalue weighted by Gasteiger charge is 2.25. The Bertz CT molecular complexity index is 539. The van der Waals surface area contributed by atoms with Gasteiger partial charge in [0.2, 0.25) is 0 Å². The van der Waals surface area contributed by atoms with Gasteiger partial charge in [-0.15, -0.1) is 24.0 Å². The van der Waals surface area contributed by atoms with E-state index in [0.717, 1.165) is 44.4 Å². The van der Waals surface area contributed by atoms with Gasteiger partial charge in [-0.1, -0.05) is 0 Å². The molecule has 1 aliphatic rings. The first-order valence-corrected chi connectivity index (χ1v) is 9.99. The highest BCUT2D eigenvalue weighted by Crippen LogP contribution is 2.23. The molecule has 0 bridgehead atoms. The van der Waals surface area contributed by atoms with Gasteiger partial charge < -0.3 is 20.5 Å². The van der Waals surface area contributed by atoms with Crippen LogP contribution in [0.15, 0.2) is 21.8 Å². The SMILES string of the molecule is CCNC(=NCC(C)(O)c1ccsc1)NCC(C)N1CCOCC1C.I. The Hall–Kier alpha value is -0.420. The van der Waals surface area contributed by atoms with Crippen molar-refractivity contribution < 1.29 is 9.84 Å². The van der Waals surface area contributed by atoms with Crippen molar-refractivity contribution in [2.24, 2.45) is 4.99 Å². The number of nitrogens with zero attached hydrogens (tertiary/aromatic N) is 2. The fraction of sp³-hybridized carbons (Fsp3) is 0.722. The van der Waals surface area contributed by atoms with Gasteiger partial charge in [0.15, 0.2) is 5.96 Å². The third-order valence-corrected chi connectivity index (χ3v) is 5.27. The summed E-state index contributed by atoms with van der Waals surface area (Å²) < 4.78 is 5.51. The Labute approximate surface area is 178 Å². The van der Waals surface area contributed by atoms with Crippen LogP contribution in [0.4, 0.5) is 0 Å². The number of ether oxygens (including phenoxy) is 1. The second kappa shape index (κ2) is 11.4. The molecule has 1 aliphatic heterocycles. The largest absolute Gasteiger partial charge is 0.383 e. The first kappa shape index (κ1) is 23.6. The van der Waals surface area contributed by atoms with Gasteiger partial charge in [0, 0.05) is 31.7 Å². The molecule has 3 N–H and O–H groups in total. The number of guanidine groups is 1. The fourth-order valence-corrected chi connectivity index (χ4v) is 3.78. The molecule has 0 aliphatic carbocycles. The molecule has 0 amide bonds. The minimum atomic E-state index is -0.952. The molecule has 2 rings (SSSR count). The Morgan fingerprint density at radius 3 is 2.92 bits per heavy atom. The van der Waals surface area contributed by atoms with Crippen molar-refractivity contribution in [2.75, 3.05) is 39.4 Å². The van der Waals surface area contributed by atoms with E-state index in [1.165, 1.54) is 0 Å². The van der Waals surface area contributed by atoms with Crippen molar-refractivity contribution in [3.8, 4) is 0 Å². The second-order valence-electron chi connectivity index (χ2n) is 6.87. The molecule has 1 fully saturated rings. The third kappa shape index (κ3) is 6.95. The molecule has 26 heavy (non-hydrogen) atoms. The standard InChI is InChI=1S/C18H32N4O2S.HI/c1-5-19-17(21-13-18(4,23)16-6-9-25-12-16)20-10-14(2)22-7-8-24-11-15(22)3;/h6,9,12,14-15,23H,5,7-8,10-11,13H2,1-4H3,(H2,19,20,21);1H. The van der Waals surface area contributed by atoms with Gasteiger partial charge in [0.1, 0.15) is 5.60 Å². The van der Waals surface area contributed by atoms with Gasteiger partial charge in [-0.3, -0.25) is 4.90 Å². The van der Waals surface area contributed by atoms with Crippen molar-refractivity contribution >= 4 is 41.3 Å². The molecule has 0 saturated carbocycles. The number of aliphatic imine (C=N–C) groups is 1. The van der Waals surface area contributed by atoms with Crippen LogP contribution >= 0.6 is 35.3 Å². The van der Waals surface area contributed by atoms with E-state index >= 15 is 0 Å². The molecule has 2 heterocycles. The first-order chi connectivity index (χ1) is 11.9. The molecule has 1 saturated heterocycles. The summed E-state index contributed by atoms with van der Waals surface area (Å²) in [7, 11) is 0. The van der Waals surface area contributed by atoms with Gasteiger partial charge in [-0.2, -0.15) is 11.3 Å². The summed E-state index contributed by atoms with van der Waals surface area (Å²) in [5, 5.41) is 21.2. The molecule has 6 nitrogen and oxygen atoms in total. The van der Waals surface area contributed by atoms with Crippen molar-refractivity contribution in [2.45, 2.75) is 45.4 Å². The summed E-state index contributed by atoms with van der Waals surface area (Å²) in [6.07, 6.45) is 0. The Kier molecular flexibility index (Phi) is 10.4. The highest BCUT2D eigenvalue weighted by atomic mass is 127. The molecule has 150 valence electrons.